The fourth-order valence-electron chi connectivity index (χ4n) is 2.54. The van der Waals surface area contributed by atoms with Crippen LogP contribution < -0.4 is 15.8 Å². The number of amides is 1. The monoisotopic (exact) mass is 328 g/mol. The van der Waals surface area contributed by atoms with Crippen LogP contribution in [0.1, 0.15) is 5.56 Å². The highest BCUT2D eigenvalue weighted by atomic mass is 16.5. The molecule has 1 saturated heterocycles. The molecule has 0 atom stereocenters. The number of rotatable bonds is 5. The molecule has 1 amide bonds. The molecule has 1 N–H and O–H groups in total. The third-order valence-corrected chi connectivity index (χ3v) is 3.85. The molecule has 1 aliphatic heterocycles. The van der Waals surface area contributed by atoms with E-state index in [9.17, 15) is 9.59 Å². The summed E-state index contributed by atoms with van der Waals surface area (Å²) in [5, 5.41) is 2.84. The van der Waals surface area contributed by atoms with Gasteiger partial charge in [-0.1, -0.05) is 6.07 Å². The Labute approximate surface area is 139 Å². The molecule has 0 unspecified atom stereocenters. The van der Waals surface area contributed by atoms with Crippen LogP contribution in [0.2, 0.25) is 0 Å². The summed E-state index contributed by atoms with van der Waals surface area (Å²) in [6, 6.07) is 8.66. The third-order valence-electron chi connectivity index (χ3n) is 3.85. The van der Waals surface area contributed by atoms with Gasteiger partial charge in [0.15, 0.2) is 0 Å². The van der Waals surface area contributed by atoms with Gasteiger partial charge in [0.05, 0.1) is 13.2 Å². The van der Waals surface area contributed by atoms with E-state index in [1.165, 1.54) is 10.6 Å². The van der Waals surface area contributed by atoms with E-state index < -0.39 is 0 Å². The van der Waals surface area contributed by atoms with Crippen LogP contribution in [-0.4, -0.2) is 41.8 Å². The first-order valence-electron chi connectivity index (χ1n) is 7.92. The minimum atomic E-state index is -0.201. The Kier molecular flexibility index (Phi) is 5.22. The van der Waals surface area contributed by atoms with E-state index in [2.05, 4.69) is 15.2 Å². The number of nitrogens with zero attached hydrogens (tertiary/aromatic N) is 3. The molecule has 0 spiro atoms. The second-order valence-electron chi connectivity index (χ2n) is 5.57. The van der Waals surface area contributed by atoms with Gasteiger partial charge in [-0.15, -0.1) is 0 Å². The van der Waals surface area contributed by atoms with Crippen molar-refractivity contribution in [1.82, 2.24) is 14.9 Å². The molecule has 126 valence electrons. The van der Waals surface area contributed by atoms with Crippen molar-refractivity contribution >= 4 is 11.7 Å². The van der Waals surface area contributed by atoms with Gasteiger partial charge in [-0.2, -0.15) is 0 Å². The molecule has 7 nitrogen and oxygen atoms in total. The van der Waals surface area contributed by atoms with Crippen molar-refractivity contribution in [3.05, 3.63) is 58.6 Å². The molecule has 3 rings (SSSR count). The highest BCUT2D eigenvalue weighted by Gasteiger charge is 2.12. The summed E-state index contributed by atoms with van der Waals surface area (Å²) in [7, 11) is 0. The Balaban J connectivity index is 1.57. The van der Waals surface area contributed by atoms with Gasteiger partial charge in [-0.25, -0.2) is 4.98 Å². The minimum absolute atomic E-state index is 0.0150. The number of morpholine rings is 1. The average molecular weight is 328 g/mol. The van der Waals surface area contributed by atoms with Gasteiger partial charge < -0.3 is 19.5 Å². The Morgan fingerprint density at radius 2 is 2.08 bits per heavy atom. The lowest BCUT2D eigenvalue weighted by Crippen LogP contribution is -2.36. The van der Waals surface area contributed by atoms with Gasteiger partial charge >= 0.3 is 0 Å². The Morgan fingerprint density at radius 1 is 1.25 bits per heavy atom. The largest absolute Gasteiger partial charge is 0.378 e. The first-order valence-corrected chi connectivity index (χ1v) is 7.92. The summed E-state index contributed by atoms with van der Waals surface area (Å²) in [6.07, 6.45) is 3.35. The van der Waals surface area contributed by atoms with E-state index in [0.29, 0.717) is 19.8 Å². The number of pyridine rings is 2. The first-order chi connectivity index (χ1) is 11.7. The molecular formula is C17H20N4O3. The molecule has 7 heteroatoms. The van der Waals surface area contributed by atoms with E-state index in [1.54, 1.807) is 24.5 Å². The van der Waals surface area contributed by atoms with Crippen LogP contribution in [0.3, 0.4) is 0 Å². The van der Waals surface area contributed by atoms with Gasteiger partial charge in [-0.3, -0.25) is 9.59 Å². The van der Waals surface area contributed by atoms with E-state index in [1.807, 2.05) is 12.1 Å². The van der Waals surface area contributed by atoms with Crippen LogP contribution in [0.25, 0.3) is 0 Å². The molecule has 3 heterocycles. The van der Waals surface area contributed by atoms with Crippen LogP contribution in [0, 0.1) is 0 Å². The van der Waals surface area contributed by atoms with Crippen LogP contribution in [0.5, 0.6) is 0 Å². The van der Waals surface area contributed by atoms with E-state index in [0.717, 1.165) is 24.5 Å². The maximum absolute atomic E-state index is 12.0. The zero-order valence-corrected chi connectivity index (χ0v) is 13.4. The average Bonchev–Trinajstić information content (AvgIpc) is 2.63. The maximum Gasteiger partial charge on any atom is 0.250 e. The topological polar surface area (TPSA) is 76.5 Å². The summed E-state index contributed by atoms with van der Waals surface area (Å²) in [5.41, 5.74) is 0.784. The quantitative estimate of drug-likeness (QED) is 0.860. The zero-order chi connectivity index (χ0) is 16.8. The van der Waals surface area contributed by atoms with Crippen LogP contribution in [-0.2, 0) is 22.6 Å². The predicted molar refractivity (Wildman–Crippen MR) is 89.8 cm³/mol. The summed E-state index contributed by atoms with van der Waals surface area (Å²) in [5.74, 6) is 0.692. The van der Waals surface area contributed by atoms with Crippen LogP contribution in [0.15, 0.2) is 47.5 Å². The number of carbonyl (C=O) groups is 1. The summed E-state index contributed by atoms with van der Waals surface area (Å²) in [6.45, 7) is 3.46. The molecule has 24 heavy (non-hydrogen) atoms. The first kappa shape index (κ1) is 16.2. The molecule has 0 radical (unpaired) electrons. The molecule has 0 aromatic carbocycles. The molecule has 0 bridgehead atoms. The van der Waals surface area contributed by atoms with E-state index in [-0.39, 0.29) is 18.0 Å². The zero-order valence-electron chi connectivity index (χ0n) is 13.4. The standard InChI is InChI=1S/C17H20N4O3/c22-16(13-21-6-2-1-3-17(21)23)19-12-14-4-5-18-15(11-14)20-7-9-24-10-8-20/h1-6,11H,7-10,12-13H2,(H,19,22). The number of aromatic nitrogens is 2. The summed E-state index contributed by atoms with van der Waals surface area (Å²) in [4.78, 5) is 30.2. The van der Waals surface area contributed by atoms with Crippen molar-refractivity contribution in [2.24, 2.45) is 0 Å². The van der Waals surface area contributed by atoms with Crippen molar-refractivity contribution in [3.63, 3.8) is 0 Å². The molecule has 1 aliphatic rings. The van der Waals surface area contributed by atoms with Gasteiger partial charge in [0.1, 0.15) is 12.4 Å². The maximum atomic E-state index is 12.0. The Hall–Kier alpha value is -2.67. The number of nitrogens with one attached hydrogen (secondary N) is 1. The lowest BCUT2D eigenvalue weighted by atomic mass is 10.2. The van der Waals surface area contributed by atoms with Gasteiger partial charge in [0, 0.05) is 38.1 Å². The number of anilines is 1. The molecule has 1 fully saturated rings. The van der Waals surface area contributed by atoms with Crippen molar-refractivity contribution in [1.29, 1.82) is 0 Å². The highest BCUT2D eigenvalue weighted by Crippen LogP contribution is 2.14. The normalized spacial score (nSPS) is 14.4. The molecule has 0 aliphatic carbocycles. The Bertz CT molecular complexity index is 753. The molecule has 2 aromatic rings. The third kappa shape index (κ3) is 4.20. The predicted octanol–water partition coefficient (Wildman–Crippen LogP) is 0.396. The fourth-order valence-corrected chi connectivity index (χ4v) is 2.54. The van der Waals surface area contributed by atoms with Gasteiger partial charge in [-0.05, 0) is 23.8 Å². The van der Waals surface area contributed by atoms with Gasteiger partial charge in [0.25, 0.3) is 5.56 Å². The molecule has 2 aromatic heterocycles. The molecule has 0 saturated carbocycles. The second kappa shape index (κ2) is 7.74. The SMILES string of the molecule is O=C(Cn1ccccc1=O)NCc1ccnc(N2CCOCC2)c1. The minimum Gasteiger partial charge on any atom is -0.378 e. The van der Waals surface area contributed by atoms with Crippen molar-refractivity contribution in [3.8, 4) is 0 Å². The lowest BCUT2D eigenvalue weighted by Gasteiger charge is -2.28. The van der Waals surface area contributed by atoms with E-state index >= 15 is 0 Å². The number of hydrogen-bond acceptors (Lipinski definition) is 5. The second-order valence-corrected chi connectivity index (χ2v) is 5.57. The van der Waals surface area contributed by atoms with Crippen molar-refractivity contribution in [2.75, 3.05) is 31.2 Å². The Morgan fingerprint density at radius 3 is 2.88 bits per heavy atom. The van der Waals surface area contributed by atoms with E-state index in [4.69, 9.17) is 4.74 Å². The van der Waals surface area contributed by atoms with Crippen LogP contribution >= 0.6 is 0 Å². The number of hydrogen-bond donors (Lipinski definition) is 1. The summed E-state index contributed by atoms with van der Waals surface area (Å²) < 4.78 is 6.72. The number of ether oxygens (including phenoxy) is 1. The number of carbonyl (C=O) groups excluding carboxylic acids is 1. The van der Waals surface area contributed by atoms with Gasteiger partial charge in [0.2, 0.25) is 5.91 Å². The molecular weight excluding hydrogens is 308 g/mol. The summed E-state index contributed by atoms with van der Waals surface area (Å²) >= 11 is 0. The van der Waals surface area contributed by atoms with Crippen LogP contribution in [0.4, 0.5) is 5.82 Å². The smallest absolute Gasteiger partial charge is 0.250 e. The lowest BCUT2D eigenvalue weighted by molar-refractivity contribution is -0.121. The van der Waals surface area contributed by atoms with Crippen molar-refractivity contribution < 1.29 is 9.53 Å². The highest BCUT2D eigenvalue weighted by molar-refractivity contribution is 5.75. The van der Waals surface area contributed by atoms with Crippen molar-refractivity contribution in [2.45, 2.75) is 13.1 Å². The fraction of sp³-hybridized carbons (Fsp3) is 0.353.